The van der Waals surface area contributed by atoms with Gasteiger partial charge in [-0.2, -0.15) is 10.0 Å². The first-order valence-electron chi connectivity index (χ1n) is 10.4. The van der Waals surface area contributed by atoms with Crippen LogP contribution in [0.3, 0.4) is 0 Å². The topological polar surface area (TPSA) is 90.6 Å². The Kier molecular flexibility index (Phi) is 5.93. The third-order valence-corrected chi connectivity index (χ3v) is 6.24. The summed E-state index contributed by atoms with van der Waals surface area (Å²) in [6, 6.07) is 13.5. The number of hydrogen-bond donors (Lipinski definition) is 1. The van der Waals surface area contributed by atoms with Crippen LogP contribution in [0.15, 0.2) is 64.2 Å². The molecule has 1 amide bonds. The van der Waals surface area contributed by atoms with Gasteiger partial charge in [0.25, 0.3) is 5.91 Å². The molecule has 0 aromatic heterocycles. The van der Waals surface area contributed by atoms with E-state index < -0.39 is 5.91 Å². The van der Waals surface area contributed by atoms with Gasteiger partial charge in [0.05, 0.1) is 18.8 Å². The Morgan fingerprint density at radius 1 is 1.12 bits per heavy atom. The zero-order chi connectivity index (χ0) is 22.8. The normalized spacial score (nSPS) is 19.5. The zero-order valence-electron chi connectivity index (χ0n) is 17.5. The number of amidine groups is 3. The van der Waals surface area contributed by atoms with Crippen LogP contribution in [0.5, 0.6) is 5.75 Å². The smallest absolute Gasteiger partial charge is 0.283 e. The first kappa shape index (κ1) is 21.4. The highest BCUT2D eigenvalue weighted by Crippen LogP contribution is 2.30. The highest BCUT2D eigenvalue weighted by molar-refractivity contribution is 8.26. The number of halogens is 1. The van der Waals surface area contributed by atoms with E-state index in [0.29, 0.717) is 53.5 Å². The number of morpholine rings is 1. The molecule has 2 aromatic carbocycles. The Morgan fingerprint density at radius 2 is 1.88 bits per heavy atom. The number of amides is 1. The van der Waals surface area contributed by atoms with Crippen LogP contribution in [0, 0.1) is 11.2 Å². The lowest BCUT2D eigenvalue weighted by Crippen LogP contribution is -2.39. The fourth-order valence-electron chi connectivity index (χ4n) is 3.47. The van der Waals surface area contributed by atoms with Crippen LogP contribution in [-0.4, -0.2) is 58.3 Å². The molecule has 33 heavy (non-hydrogen) atoms. The Morgan fingerprint density at radius 3 is 2.64 bits per heavy atom. The van der Waals surface area contributed by atoms with E-state index in [2.05, 4.69) is 15.0 Å². The molecule has 3 heterocycles. The summed E-state index contributed by atoms with van der Waals surface area (Å²) in [5, 5.41) is 15.5. The standard InChI is InChI=1S/C23H20FN5O3S/c24-19-4-2-1-3-16(19)14-32-17-7-5-15(6-8-17)13-18-20(25)29-22(26-21(18)30)33-23(27-29)28-9-11-31-12-10-28/h1-8,13,25H,9-12,14H2/b18-13+,25-20?. The van der Waals surface area contributed by atoms with Gasteiger partial charge >= 0.3 is 0 Å². The molecule has 1 N–H and O–H groups in total. The van der Waals surface area contributed by atoms with E-state index in [1.807, 2.05) is 0 Å². The number of benzene rings is 2. The minimum atomic E-state index is -0.475. The summed E-state index contributed by atoms with van der Waals surface area (Å²) in [4.78, 5) is 18.8. The molecule has 3 aliphatic heterocycles. The molecule has 168 valence electrons. The predicted octanol–water partition coefficient (Wildman–Crippen LogP) is 3.31. The highest BCUT2D eigenvalue weighted by atomic mass is 32.2. The summed E-state index contributed by atoms with van der Waals surface area (Å²) in [5.41, 5.74) is 1.34. The lowest BCUT2D eigenvalue weighted by atomic mass is 10.1. The number of thioether (sulfide) groups is 1. The van der Waals surface area contributed by atoms with Crippen molar-refractivity contribution >= 4 is 39.9 Å². The fraction of sp³-hybridized carbons (Fsp3) is 0.217. The summed E-state index contributed by atoms with van der Waals surface area (Å²) in [7, 11) is 0. The maximum Gasteiger partial charge on any atom is 0.283 e. The molecule has 0 bridgehead atoms. The molecule has 0 aliphatic carbocycles. The van der Waals surface area contributed by atoms with Crippen LogP contribution in [0.2, 0.25) is 0 Å². The lowest BCUT2D eigenvalue weighted by Gasteiger charge is -2.26. The first-order chi connectivity index (χ1) is 16.1. The van der Waals surface area contributed by atoms with Gasteiger partial charge in [-0.25, -0.2) is 4.39 Å². The highest BCUT2D eigenvalue weighted by Gasteiger charge is 2.37. The monoisotopic (exact) mass is 465 g/mol. The van der Waals surface area contributed by atoms with Crippen molar-refractivity contribution in [2.75, 3.05) is 26.3 Å². The molecule has 1 fully saturated rings. The third kappa shape index (κ3) is 4.53. The van der Waals surface area contributed by atoms with Crippen LogP contribution < -0.4 is 4.74 Å². The van der Waals surface area contributed by atoms with Gasteiger partial charge in [0.2, 0.25) is 5.17 Å². The largest absolute Gasteiger partial charge is 0.489 e. The molecule has 0 spiro atoms. The minimum Gasteiger partial charge on any atom is -0.489 e. The van der Waals surface area contributed by atoms with Crippen molar-refractivity contribution < 1.29 is 18.7 Å². The van der Waals surface area contributed by atoms with Crippen molar-refractivity contribution in [3.05, 3.63) is 71.0 Å². The van der Waals surface area contributed by atoms with Gasteiger partial charge in [-0.05, 0) is 41.6 Å². The Bertz CT molecular complexity index is 1190. The van der Waals surface area contributed by atoms with Crippen LogP contribution in [0.25, 0.3) is 6.08 Å². The first-order valence-corrected chi connectivity index (χ1v) is 11.2. The zero-order valence-corrected chi connectivity index (χ0v) is 18.3. The van der Waals surface area contributed by atoms with Crippen molar-refractivity contribution in [1.29, 1.82) is 5.41 Å². The molecule has 0 radical (unpaired) electrons. The van der Waals surface area contributed by atoms with Crippen LogP contribution in [0.4, 0.5) is 4.39 Å². The molecule has 8 nitrogen and oxygen atoms in total. The molecule has 3 aliphatic rings. The number of hydrazone groups is 1. The van der Waals surface area contributed by atoms with E-state index in [1.54, 1.807) is 48.5 Å². The Labute approximate surface area is 193 Å². The summed E-state index contributed by atoms with van der Waals surface area (Å²) in [5.74, 6) is -0.230. The second-order valence-electron chi connectivity index (χ2n) is 7.45. The number of carbonyl (C=O) groups is 1. The number of hydrogen-bond acceptors (Lipinski definition) is 7. The van der Waals surface area contributed by atoms with E-state index in [4.69, 9.17) is 14.9 Å². The van der Waals surface area contributed by atoms with Crippen LogP contribution in [0.1, 0.15) is 11.1 Å². The molecule has 1 saturated heterocycles. The number of rotatable bonds is 4. The lowest BCUT2D eigenvalue weighted by molar-refractivity contribution is -0.114. The average molecular weight is 466 g/mol. The van der Waals surface area contributed by atoms with E-state index in [-0.39, 0.29) is 23.8 Å². The van der Waals surface area contributed by atoms with E-state index in [1.165, 1.54) is 22.8 Å². The quantitative estimate of drug-likeness (QED) is 0.697. The van der Waals surface area contributed by atoms with Crippen LogP contribution >= 0.6 is 11.8 Å². The fourth-order valence-corrected chi connectivity index (χ4v) is 4.41. The van der Waals surface area contributed by atoms with Crippen molar-refractivity contribution in [1.82, 2.24) is 9.91 Å². The molecule has 2 aromatic rings. The SMILES string of the molecule is N=C1/C(=C\c2ccc(OCc3ccccc3F)cc2)C(=O)N=C2SC(N3CCOCC3)=NN12. The van der Waals surface area contributed by atoms with Gasteiger partial charge in [-0.1, -0.05) is 30.3 Å². The summed E-state index contributed by atoms with van der Waals surface area (Å²) in [6.07, 6.45) is 1.61. The minimum absolute atomic E-state index is 0.0133. The number of nitrogens with one attached hydrogen (secondary N) is 1. The maximum absolute atomic E-state index is 13.7. The number of nitrogens with zero attached hydrogens (tertiary/aromatic N) is 4. The molecular formula is C23H20FN5O3S. The van der Waals surface area contributed by atoms with Gasteiger partial charge in [-0.3, -0.25) is 10.2 Å². The predicted molar refractivity (Wildman–Crippen MR) is 125 cm³/mol. The molecule has 0 atom stereocenters. The van der Waals surface area contributed by atoms with Gasteiger partial charge in [0.1, 0.15) is 18.2 Å². The van der Waals surface area contributed by atoms with Crippen molar-refractivity contribution in [3.8, 4) is 5.75 Å². The van der Waals surface area contributed by atoms with Crippen molar-refractivity contribution in [2.45, 2.75) is 6.61 Å². The molecule has 0 unspecified atom stereocenters. The second kappa shape index (κ2) is 9.16. The van der Waals surface area contributed by atoms with Gasteiger partial charge in [0, 0.05) is 18.7 Å². The second-order valence-corrected chi connectivity index (χ2v) is 8.39. The molecule has 10 heteroatoms. The molecule has 0 saturated carbocycles. The number of carbonyl (C=O) groups excluding carboxylic acids is 1. The summed E-state index contributed by atoms with van der Waals surface area (Å²) in [6.45, 7) is 2.77. The Balaban J connectivity index is 1.29. The van der Waals surface area contributed by atoms with Crippen molar-refractivity contribution in [2.24, 2.45) is 10.1 Å². The molecular weight excluding hydrogens is 445 g/mol. The van der Waals surface area contributed by atoms with Gasteiger partial charge in [-0.15, -0.1) is 5.10 Å². The van der Waals surface area contributed by atoms with Gasteiger partial charge < -0.3 is 14.4 Å². The average Bonchev–Trinajstić information content (AvgIpc) is 3.27. The van der Waals surface area contributed by atoms with E-state index in [9.17, 15) is 9.18 Å². The number of aliphatic imine (C=N–C) groups is 1. The van der Waals surface area contributed by atoms with Gasteiger partial charge in [0.15, 0.2) is 11.0 Å². The Hall–Kier alpha value is -3.50. The van der Waals surface area contributed by atoms with Crippen molar-refractivity contribution in [3.63, 3.8) is 0 Å². The number of fused-ring (bicyclic) bond motifs is 1. The molecule has 5 rings (SSSR count). The van der Waals surface area contributed by atoms with Crippen LogP contribution in [-0.2, 0) is 16.1 Å². The summed E-state index contributed by atoms with van der Waals surface area (Å²) < 4.78 is 24.8. The van der Waals surface area contributed by atoms with E-state index >= 15 is 0 Å². The third-order valence-electron chi connectivity index (χ3n) is 5.27. The van der Waals surface area contributed by atoms with E-state index in [0.717, 1.165) is 0 Å². The summed E-state index contributed by atoms with van der Waals surface area (Å²) >= 11 is 1.29. The number of ether oxygens (including phenoxy) is 2. The maximum atomic E-state index is 13.7.